The molecule has 0 rings (SSSR count). The molecule has 2 N–H and O–H groups in total. The van der Waals surface area contributed by atoms with Gasteiger partial charge in [-0.3, -0.25) is 5.41 Å². The molecule has 0 heterocycles. The predicted molar refractivity (Wildman–Crippen MR) is 56.3 cm³/mol. The van der Waals surface area contributed by atoms with Crippen molar-refractivity contribution in [2.75, 3.05) is 0 Å². The van der Waals surface area contributed by atoms with Crippen molar-refractivity contribution in [3.63, 3.8) is 0 Å². The van der Waals surface area contributed by atoms with Crippen molar-refractivity contribution in [1.29, 1.82) is 5.41 Å². The third kappa shape index (κ3) is 10.6. The molecule has 0 saturated heterocycles. The van der Waals surface area contributed by atoms with E-state index in [2.05, 4.69) is 15.1 Å². The van der Waals surface area contributed by atoms with E-state index in [-0.39, 0.29) is 5.90 Å². The van der Waals surface area contributed by atoms with Gasteiger partial charge in [0.1, 0.15) is 0 Å². The van der Waals surface area contributed by atoms with Gasteiger partial charge in [-0.15, -0.1) is 5.16 Å². The molecule has 0 amide bonds. The zero-order valence-corrected chi connectivity index (χ0v) is 8.44. The van der Waals surface area contributed by atoms with E-state index in [9.17, 15) is 0 Å². The van der Waals surface area contributed by atoms with Crippen LogP contribution in [0.2, 0.25) is 0 Å². The molecular weight excluding hydrogens is 182 g/mol. The van der Waals surface area contributed by atoms with E-state index < -0.39 is 0 Å². The summed E-state index contributed by atoms with van der Waals surface area (Å²) in [5.74, 6) is 0.0976. The molecule has 0 saturated carbocycles. The standard InChI is InChI=1S/C9H17N3O2/c1-9(10)14-12-8-6-4-2-3-5-7-11-13/h7-8,10,13H,2-6H2,1H3/b10-9?,11-7+,12-8+. The minimum absolute atomic E-state index is 0.0976. The fourth-order valence-corrected chi connectivity index (χ4v) is 0.875. The van der Waals surface area contributed by atoms with Crippen LogP contribution in [0.4, 0.5) is 0 Å². The van der Waals surface area contributed by atoms with E-state index in [0.717, 1.165) is 32.1 Å². The van der Waals surface area contributed by atoms with Gasteiger partial charge in [-0.05, 0) is 25.7 Å². The summed E-state index contributed by atoms with van der Waals surface area (Å²) in [6.45, 7) is 1.53. The molecule has 0 aliphatic heterocycles. The van der Waals surface area contributed by atoms with Crippen molar-refractivity contribution in [3.8, 4) is 0 Å². The normalized spacial score (nSPS) is 11.2. The molecule has 0 aromatic heterocycles. The van der Waals surface area contributed by atoms with Gasteiger partial charge in [0.25, 0.3) is 0 Å². The van der Waals surface area contributed by atoms with E-state index >= 15 is 0 Å². The first-order valence-corrected chi connectivity index (χ1v) is 4.67. The van der Waals surface area contributed by atoms with Gasteiger partial charge in [-0.2, -0.15) is 0 Å². The summed E-state index contributed by atoms with van der Waals surface area (Å²) in [5.41, 5.74) is 0. The number of nitrogens with zero attached hydrogens (tertiary/aromatic N) is 2. The molecule has 0 fully saturated rings. The van der Waals surface area contributed by atoms with Crippen LogP contribution in [0.15, 0.2) is 10.3 Å². The monoisotopic (exact) mass is 199 g/mol. The average molecular weight is 199 g/mol. The van der Waals surface area contributed by atoms with E-state index in [1.54, 1.807) is 6.21 Å². The fourth-order valence-electron chi connectivity index (χ4n) is 0.875. The highest BCUT2D eigenvalue weighted by molar-refractivity contribution is 5.70. The highest BCUT2D eigenvalue weighted by Gasteiger charge is 1.87. The van der Waals surface area contributed by atoms with Crippen LogP contribution in [0.25, 0.3) is 0 Å². The first kappa shape index (κ1) is 12.6. The summed E-state index contributed by atoms with van der Waals surface area (Å²) in [6, 6.07) is 0. The number of nitrogens with one attached hydrogen (secondary N) is 1. The molecule has 5 nitrogen and oxygen atoms in total. The third-order valence-electron chi connectivity index (χ3n) is 1.51. The Morgan fingerprint density at radius 2 is 1.93 bits per heavy atom. The van der Waals surface area contributed by atoms with Crippen molar-refractivity contribution >= 4 is 18.3 Å². The van der Waals surface area contributed by atoms with Crippen LogP contribution in [0, 0.1) is 5.41 Å². The summed E-state index contributed by atoms with van der Waals surface area (Å²) in [4.78, 5) is 4.59. The van der Waals surface area contributed by atoms with Gasteiger partial charge in [0.15, 0.2) is 0 Å². The van der Waals surface area contributed by atoms with Gasteiger partial charge < -0.3 is 10.0 Å². The van der Waals surface area contributed by atoms with Crippen LogP contribution >= 0.6 is 0 Å². The van der Waals surface area contributed by atoms with Crippen molar-refractivity contribution in [2.45, 2.75) is 39.0 Å². The highest BCUT2D eigenvalue weighted by atomic mass is 16.6. The Labute approximate surface area is 84.0 Å². The summed E-state index contributed by atoms with van der Waals surface area (Å²) in [5, 5.41) is 21.5. The second kappa shape index (κ2) is 9.70. The second-order valence-electron chi connectivity index (χ2n) is 2.87. The number of unbranched alkanes of at least 4 members (excludes halogenated alkanes) is 4. The van der Waals surface area contributed by atoms with Crippen LogP contribution in [-0.4, -0.2) is 23.5 Å². The second-order valence-corrected chi connectivity index (χ2v) is 2.87. The van der Waals surface area contributed by atoms with Crippen molar-refractivity contribution in [2.24, 2.45) is 10.3 Å². The molecule has 0 aliphatic rings. The largest absolute Gasteiger partial charge is 0.411 e. The van der Waals surface area contributed by atoms with Crippen molar-refractivity contribution in [1.82, 2.24) is 0 Å². The topological polar surface area (TPSA) is 78.0 Å². The molecule has 0 unspecified atom stereocenters. The Morgan fingerprint density at radius 3 is 2.50 bits per heavy atom. The van der Waals surface area contributed by atoms with Crippen molar-refractivity contribution < 1.29 is 10.0 Å². The summed E-state index contributed by atoms with van der Waals surface area (Å²) < 4.78 is 0. The number of hydrogen-bond donors (Lipinski definition) is 2. The van der Waals surface area contributed by atoms with Crippen LogP contribution < -0.4 is 0 Å². The zero-order valence-electron chi connectivity index (χ0n) is 8.44. The quantitative estimate of drug-likeness (QED) is 0.217. The molecule has 0 aromatic rings. The molecule has 0 spiro atoms. The molecule has 0 aliphatic carbocycles. The number of oxime groups is 2. The Balaban J connectivity index is 3.13. The highest BCUT2D eigenvalue weighted by Crippen LogP contribution is 2.00. The molecule has 5 heteroatoms. The summed E-state index contributed by atoms with van der Waals surface area (Å²) in [7, 11) is 0. The molecule has 14 heavy (non-hydrogen) atoms. The van der Waals surface area contributed by atoms with Crippen LogP contribution in [0.1, 0.15) is 39.0 Å². The third-order valence-corrected chi connectivity index (χ3v) is 1.51. The summed E-state index contributed by atoms with van der Waals surface area (Å²) >= 11 is 0. The number of rotatable bonds is 7. The van der Waals surface area contributed by atoms with Crippen LogP contribution in [-0.2, 0) is 4.84 Å². The van der Waals surface area contributed by atoms with Crippen molar-refractivity contribution in [3.05, 3.63) is 0 Å². The minimum atomic E-state index is 0.0976. The van der Waals surface area contributed by atoms with Gasteiger partial charge in [0.05, 0.1) is 0 Å². The maximum absolute atomic E-state index is 8.10. The lowest BCUT2D eigenvalue weighted by atomic mass is 10.2. The SMILES string of the molecule is CC(=N)O/N=C/CCCCC/C=N/O. The lowest BCUT2D eigenvalue weighted by molar-refractivity contribution is 0.320. The van der Waals surface area contributed by atoms with Crippen LogP contribution in [0.3, 0.4) is 0 Å². The summed E-state index contributed by atoms with van der Waals surface area (Å²) in [6.07, 6.45) is 7.94. The first-order valence-electron chi connectivity index (χ1n) is 4.67. The van der Waals surface area contributed by atoms with Gasteiger partial charge in [-0.25, -0.2) is 0 Å². The maximum Gasteiger partial charge on any atom is 0.214 e. The average Bonchev–Trinajstić information content (AvgIpc) is 2.15. The zero-order chi connectivity index (χ0) is 10.6. The van der Waals surface area contributed by atoms with E-state index in [0.29, 0.717) is 0 Å². The Hall–Kier alpha value is -1.39. The van der Waals surface area contributed by atoms with Gasteiger partial charge in [0.2, 0.25) is 5.90 Å². The lowest BCUT2D eigenvalue weighted by Crippen LogP contribution is -1.90. The van der Waals surface area contributed by atoms with E-state index in [1.807, 2.05) is 0 Å². The smallest absolute Gasteiger partial charge is 0.214 e. The number of hydrogen-bond acceptors (Lipinski definition) is 5. The Bertz CT molecular complexity index is 202. The Morgan fingerprint density at radius 1 is 1.29 bits per heavy atom. The molecule has 0 aromatic carbocycles. The van der Waals surface area contributed by atoms with Gasteiger partial charge >= 0.3 is 0 Å². The molecule has 80 valence electrons. The van der Waals surface area contributed by atoms with Gasteiger partial charge in [-0.1, -0.05) is 11.6 Å². The fraction of sp³-hybridized carbons (Fsp3) is 0.667. The predicted octanol–water partition coefficient (Wildman–Crippen LogP) is 2.40. The van der Waals surface area contributed by atoms with E-state index in [1.165, 1.54) is 13.1 Å². The van der Waals surface area contributed by atoms with Gasteiger partial charge in [0, 0.05) is 19.4 Å². The lowest BCUT2D eigenvalue weighted by Gasteiger charge is -1.94. The first-order chi connectivity index (χ1) is 6.77. The Kier molecular flexibility index (Phi) is 8.73. The minimum Gasteiger partial charge on any atom is -0.411 e. The van der Waals surface area contributed by atoms with E-state index in [4.69, 9.17) is 10.6 Å². The molecular formula is C9H17N3O2. The molecule has 0 atom stereocenters. The van der Waals surface area contributed by atoms with Crippen LogP contribution in [0.5, 0.6) is 0 Å². The maximum atomic E-state index is 8.10. The molecule has 0 bridgehead atoms. The molecule has 0 radical (unpaired) electrons.